The molecule has 1 heterocycles. The fourth-order valence-corrected chi connectivity index (χ4v) is 3.35. The first-order valence-corrected chi connectivity index (χ1v) is 9.23. The minimum absolute atomic E-state index is 0.0276. The van der Waals surface area contributed by atoms with Crippen molar-refractivity contribution >= 4 is 17.6 Å². The Morgan fingerprint density at radius 2 is 2.00 bits per heavy atom. The third kappa shape index (κ3) is 4.95. The van der Waals surface area contributed by atoms with Crippen LogP contribution in [0.2, 0.25) is 0 Å². The van der Waals surface area contributed by atoms with Crippen molar-refractivity contribution in [3.63, 3.8) is 0 Å². The third-order valence-electron chi connectivity index (χ3n) is 4.45. The average Bonchev–Trinajstić information content (AvgIpc) is 2.77. The van der Waals surface area contributed by atoms with Gasteiger partial charge in [0.15, 0.2) is 0 Å². The van der Waals surface area contributed by atoms with Crippen LogP contribution >= 0.6 is 0 Å². The van der Waals surface area contributed by atoms with Crippen LogP contribution in [0.5, 0.6) is 0 Å². The molecule has 0 aromatic heterocycles. The zero-order valence-electron chi connectivity index (χ0n) is 16.1. The van der Waals surface area contributed by atoms with Crippen LogP contribution in [0.25, 0.3) is 0 Å². The van der Waals surface area contributed by atoms with Gasteiger partial charge in [-0.15, -0.1) is 0 Å². The molecule has 26 heavy (non-hydrogen) atoms. The lowest BCUT2D eigenvalue weighted by Crippen LogP contribution is -2.48. The maximum Gasteiger partial charge on any atom is 0.319 e. The molecule has 1 aromatic carbocycles. The smallest absolute Gasteiger partial charge is 0.319 e. The minimum Gasteiger partial charge on any atom is -0.338 e. The molecular formula is C19H31N5O2. The summed E-state index contributed by atoms with van der Waals surface area (Å²) in [5.41, 5.74) is 7.19. The van der Waals surface area contributed by atoms with Crippen molar-refractivity contribution in [2.45, 2.75) is 58.9 Å². The maximum absolute atomic E-state index is 12.8. The molecule has 2 atom stereocenters. The summed E-state index contributed by atoms with van der Waals surface area (Å²) in [6, 6.07) is 7.23. The second kappa shape index (κ2) is 8.51. The van der Waals surface area contributed by atoms with Crippen LogP contribution in [-0.4, -0.2) is 35.2 Å². The van der Waals surface area contributed by atoms with Crippen molar-refractivity contribution in [3.8, 4) is 0 Å². The lowest BCUT2D eigenvalue weighted by molar-refractivity contribution is -0.133. The molecule has 1 aromatic rings. The highest BCUT2D eigenvalue weighted by Gasteiger charge is 2.46. The highest BCUT2D eigenvalue weighted by atomic mass is 16.2. The van der Waals surface area contributed by atoms with Crippen LogP contribution in [-0.2, 0) is 11.3 Å². The number of urea groups is 1. The van der Waals surface area contributed by atoms with Crippen molar-refractivity contribution in [1.29, 1.82) is 0 Å². The highest BCUT2D eigenvalue weighted by molar-refractivity contribution is 5.89. The summed E-state index contributed by atoms with van der Waals surface area (Å²) in [5.74, 6) is 0.424. The molecule has 0 saturated carbocycles. The summed E-state index contributed by atoms with van der Waals surface area (Å²) in [6.07, 6.45) is 1.13. The van der Waals surface area contributed by atoms with E-state index in [0.717, 1.165) is 18.4 Å². The molecule has 0 spiro atoms. The first-order chi connectivity index (χ1) is 12.2. The molecule has 0 aliphatic carbocycles. The number of nitrogens with two attached hydrogens (primary N) is 1. The predicted molar refractivity (Wildman–Crippen MR) is 103 cm³/mol. The van der Waals surface area contributed by atoms with Crippen molar-refractivity contribution < 1.29 is 9.59 Å². The topological polar surface area (TPSA) is 99.5 Å². The molecule has 7 nitrogen and oxygen atoms in total. The average molecular weight is 361 g/mol. The van der Waals surface area contributed by atoms with E-state index in [9.17, 15) is 9.59 Å². The standard InChI is InChI=1S/C19H31N5O2/c1-5-10-21-18(26)22-15-8-6-14(7-9-15)12-24-16(25)19(4,11-13(2)3)23-17(24)20/h6-9,13,17,23H,5,10-12,20H2,1-4H3,(H2,21,22,26). The largest absolute Gasteiger partial charge is 0.338 e. The van der Waals surface area contributed by atoms with Crippen molar-refractivity contribution in [2.75, 3.05) is 11.9 Å². The van der Waals surface area contributed by atoms with Gasteiger partial charge in [0.05, 0.1) is 5.54 Å². The van der Waals surface area contributed by atoms with Gasteiger partial charge in [0.1, 0.15) is 6.29 Å². The molecule has 2 rings (SSSR count). The summed E-state index contributed by atoms with van der Waals surface area (Å²) in [7, 11) is 0. The van der Waals surface area contributed by atoms with Gasteiger partial charge in [-0.1, -0.05) is 32.9 Å². The number of nitrogens with one attached hydrogen (secondary N) is 3. The van der Waals surface area contributed by atoms with E-state index in [1.165, 1.54) is 0 Å². The summed E-state index contributed by atoms with van der Waals surface area (Å²) < 4.78 is 0. The molecule has 5 N–H and O–H groups in total. The fraction of sp³-hybridized carbons (Fsp3) is 0.579. The number of carbonyl (C=O) groups excluding carboxylic acids is 2. The second-order valence-corrected chi connectivity index (χ2v) is 7.53. The molecule has 1 saturated heterocycles. The van der Waals surface area contributed by atoms with Crippen LogP contribution in [0.1, 0.15) is 46.1 Å². The van der Waals surface area contributed by atoms with E-state index < -0.39 is 11.8 Å². The Kier molecular flexibility index (Phi) is 6.61. The van der Waals surface area contributed by atoms with Gasteiger partial charge in [-0.25, -0.2) is 4.79 Å². The lowest BCUT2D eigenvalue weighted by Gasteiger charge is -2.24. The maximum atomic E-state index is 12.8. The number of carbonyl (C=O) groups is 2. The van der Waals surface area contributed by atoms with Gasteiger partial charge in [0.25, 0.3) is 0 Å². The van der Waals surface area contributed by atoms with E-state index in [1.54, 1.807) is 4.90 Å². The van der Waals surface area contributed by atoms with Crippen molar-refractivity contribution in [3.05, 3.63) is 29.8 Å². The third-order valence-corrected chi connectivity index (χ3v) is 4.45. The molecule has 144 valence electrons. The van der Waals surface area contributed by atoms with Crippen LogP contribution in [0.4, 0.5) is 10.5 Å². The number of hydrogen-bond donors (Lipinski definition) is 4. The van der Waals surface area contributed by atoms with Crippen LogP contribution in [0.3, 0.4) is 0 Å². The van der Waals surface area contributed by atoms with Crippen LogP contribution in [0, 0.1) is 5.92 Å². The monoisotopic (exact) mass is 361 g/mol. The van der Waals surface area contributed by atoms with Gasteiger partial charge in [-0.2, -0.15) is 0 Å². The first kappa shape index (κ1) is 20.2. The van der Waals surface area contributed by atoms with Gasteiger partial charge < -0.3 is 15.5 Å². The molecule has 1 aliphatic rings. The fourth-order valence-electron chi connectivity index (χ4n) is 3.35. The second-order valence-electron chi connectivity index (χ2n) is 7.53. The summed E-state index contributed by atoms with van der Waals surface area (Å²) in [6.45, 7) is 9.18. The zero-order valence-corrected chi connectivity index (χ0v) is 16.1. The molecule has 0 radical (unpaired) electrons. The SMILES string of the molecule is CCCNC(=O)Nc1ccc(CN2C(=O)C(C)(CC(C)C)NC2N)cc1. The van der Waals surface area contributed by atoms with E-state index in [-0.39, 0.29) is 11.9 Å². The molecule has 1 fully saturated rings. The van der Waals surface area contributed by atoms with Crippen molar-refractivity contribution in [1.82, 2.24) is 15.5 Å². The van der Waals surface area contributed by atoms with E-state index in [1.807, 2.05) is 38.1 Å². The molecule has 7 heteroatoms. The van der Waals surface area contributed by atoms with Gasteiger partial charge in [-0.05, 0) is 43.4 Å². The van der Waals surface area contributed by atoms with Crippen LogP contribution in [0.15, 0.2) is 24.3 Å². The molecule has 3 amide bonds. The number of nitrogens with zero attached hydrogens (tertiary/aromatic N) is 1. The highest BCUT2D eigenvalue weighted by Crippen LogP contribution is 2.27. The Labute approximate surface area is 155 Å². The summed E-state index contributed by atoms with van der Waals surface area (Å²) in [5, 5.41) is 8.77. The van der Waals surface area contributed by atoms with Gasteiger partial charge in [-0.3, -0.25) is 15.8 Å². The Bertz CT molecular complexity index is 631. The van der Waals surface area contributed by atoms with Gasteiger partial charge >= 0.3 is 6.03 Å². The minimum atomic E-state index is -0.619. The number of anilines is 1. The number of benzene rings is 1. The Balaban J connectivity index is 1.98. The van der Waals surface area contributed by atoms with Gasteiger partial charge in [0, 0.05) is 18.8 Å². The van der Waals surface area contributed by atoms with E-state index in [2.05, 4.69) is 29.8 Å². The molecule has 0 bridgehead atoms. The lowest BCUT2D eigenvalue weighted by atomic mass is 9.91. The van der Waals surface area contributed by atoms with Crippen molar-refractivity contribution in [2.24, 2.45) is 11.7 Å². The molecule has 1 aliphatic heterocycles. The Morgan fingerprint density at radius 3 is 2.58 bits per heavy atom. The van der Waals surface area contributed by atoms with E-state index in [4.69, 9.17) is 5.73 Å². The quantitative estimate of drug-likeness (QED) is 0.598. The summed E-state index contributed by atoms with van der Waals surface area (Å²) >= 11 is 0. The van der Waals surface area contributed by atoms with Gasteiger partial charge in [0.2, 0.25) is 5.91 Å². The summed E-state index contributed by atoms with van der Waals surface area (Å²) in [4.78, 5) is 26.2. The normalized spacial score (nSPS) is 22.8. The Morgan fingerprint density at radius 1 is 1.35 bits per heavy atom. The Hall–Kier alpha value is -2.12. The zero-order chi connectivity index (χ0) is 19.3. The predicted octanol–water partition coefficient (Wildman–Crippen LogP) is 2.20. The number of amides is 3. The molecular weight excluding hydrogens is 330 g/mol. The number of hydrogen-bond acceptors (Lipinski definition) is 4. The van der Waals surface area contributed by atoms with Crippen LogP contribution < -0.4 is 21.7 Å². The van der Waals surface area contributed by atoms with E-state index >= 15 is 0 Å². The number of rotatable bonds is 7. The molecule has 2 unspecified atom stereocenters. The first-order valence-electron chi connectivity index (χ1n) is 9.23. The van der Waals surface area contributed by atoms with E-state index in [0.29, 0.717) is 24.7 Å².